The molecule has 0 aliphatic carbocycles. The van der Waals surface area contributed by atoms with Gasteiger partial charge in [0.2, 0.25) is 0 Å². The van der Waals surface area contributed by atoms with E-state index in [2.05, 4.69) is 20.2 Å². The summed E-state index contributed by atoms with van der Waals surface area (Å²) in [7, 11) is 0. The Morgan fingerprint density at radius 3 is 2.67 bits per heavy atom. The van der Waals surface area contributed by atoms with Gasteiger partial charge < -0.3 is 14.4 Å². The van der Waals surface area contributed by atoms with Crippen LogP contribution < -0.4 is 5.32 Å². The number of nitrogens with zero attached hydrogens (tertiary/aromatic N) is 5. The summed E-state index contributed by atoms with van der Waals surface area (Å²) in [5, 5.41) is 4.89. The number of benzene rings is 2. The van der Waals surface area contributed by atoms with Crippen LogP contribution >= 0.6 is 11.3 Å². The van der Waals surface area contributed by atoms with Crippen molar-refractivity contribution in [2.75, 3.05) is 25.0 Å². The molecule has 3 aliphatic heterocycles. The second-order valence-corrected chi connectivity index (χ2v) is 12.7. The lowest BCUT2D eigenvalue weighted by molar-refractivity contribution is -0.121. The number of nitrogens with one attached hydrogen (secondary N) is 1. The summed E-state index contributed by atoms with van der Waals surface area (Å²) < 4.78 is 46.1. The number of hydrogen-bond donors (Lipinski definition) is 1. The number of rotatable bonds is 8. The van der Waals surface area contributed by atoms with Gasteiger partial charge in [0.15, 0.2) is 11.2 Å². The fourth-order valence-corrected chi connectivity index (χ4v) is 7.52. The van der Waals surface area contributed by atoms with Gasteiger partial charge in [-0.25, -0.2) is 23.1 Å². The molecule has 1 saturated heterocycles. The molecule has 0 radical (unpaired) electrons. The Bertz CT molecular complexity index is 1720. The Morgan fingerprint density at radius 1 is 1.13 bits per heavy atom. The summed E-state index contributed by atoms with van der Waals surface area (Å²) in [4.78, 5) is 39.9. The number of alkyl halides is 3. The van der Waals surface area contributed by atoms with Crippen LogP contribution in [-0.2, 0) is 24.3 Å². The maximum atomic E-state index is 15.0. The van der Waals surface area contributed by atoms with E-state index < -0.39 is 30.5 Å². The molecule has 0 bridgehead atoms. The highest BCUT2D eigenvalue weighted by Crippen LogP contribution is 2.41. The Balaban J connectivity index is 1.21. The van der Waals surface area contributed by atoms with Crippen LogP contribution in [0.1, 0.15) is 76.6 Å². The van der Waals surface area contributed by atoms with Gasteiger partial charge in [-0.2, -0.15) is 0 Å². The van der Waals surface area contributed by atoms with Crippen LogP contribution in [0.25, 0.3) is 11.1 Å². The highest BCUT2D eigenvalue weighted by atomic mass is 32.1. The normalized spacial score (nSPS) is 20.5. The number of carbonyl (C=O) groups excluding carboxylic acids is 2. The van der Waals surface area contributed by atoms with E-state index in [9.17, 15) is 22.8 Å². The molecule has 4 aromatic rings. The number of amides is 2. The van der Waals surface area contributed by atoms with Crippen molar-refractivity contribution in [2.24, 2.45) is 0 Å². The molecule has 8 nitrogen and oxygen atoms in total. The molecule has 45 heavy (non-hydrogen) atoms. The predicted octanol–water partition coefficient (Wildman–Crippen LogP) is 6.37. The molecule has 2 aromatic heterocycles. The number of likely N-dealkylation sites (tertiary alicyclic amines) is 1. The first kappa shape index (κ1) is 29.7. The number of imidazole rings is 1. The SMILES string of the molecule is CCN1CCC(c2ccc(-c3cc4c(c(C(F)F)c3)CN(C(C(=O)Nc3nccs3)c3ncn5c3CCC5)C4=O)cc2)C(F)C1. The largest absolute Gasteiger partial charge is 0.334 e. The third kappa shape index (κ3) is 5.43. The molecule has 0 spiro atoms. The summed E-state index contributed by atoms with van der Waals surface area (Å²) in [5.41, 5.74) is 3.42. The number of aromatic nitrogens is 3. The maximum absolute atomic E-state index is 15.0. The minimum Gasteiger partial charge on any atom is -0.334 e. The molecule has 1 fully saturated rings. The van der Waals surface area contributed by atoms with Crippen molar-refractivity contribution in [1.82, 2.24) is 24.3 Å². The van der Waals surface area contributed by atoms with E-state index in [1.54, 1.807) is 36.1 Å². The zero-order chi connectivity index (χ0) is 31.2. The fourth-order valence-electron chi connectivity index (χ4n) is 6.99. The predicted molar refractivity (Wildman–Crippen MR) is 165 cm³/mol. The number of fused-ring (bicyclic) bond motifs is 2. The van der Waals surface area contributed by atoms with Crippen LogP contribution in [0.15, 0.2) is 54.3 Å². The van der Waals surface area contributed by atoms with Gasteiger partial charge in [0.05, 0.1) is 12.0 Å². The van der Waals surface area contributed by atoms with E-state index in [1.807, 2.05) is 23.6 Å². The third-order valence-corrected chi connectivity index (χ3v) is 10.0. The van der Waals surface area contributed by atoms with Gasteiger partial charge in [-0.15, -0.1) is 11.3 Å². The van der Waals surface area contributed by atoms with Crippen LogP contribution in [0.3, 0.4) is 0 Å². The van der Waals surface area contributed by atoms with Crippen LogP contribution in [-0.4, -0.2) is 62.0 Å². The van der Waals surface area contributed by atoms with E-state index in [1.165, 1.54) is 22.3 Å². The maximum Gasteiger partial charge on any atom is 0.264 e. The molecule has 3 unspecified atom stereocenters. The fraction of sp³-hybridized carbons (Fsp3) is 0.394. The lowest BCUT2D eigenvalue weighted by Gasteiger charge is -2.34. The number of piperidine rings is 1. The van der Waals surface area contributed by atoms with Crippen molar-refractivity contribution in [2.45, 2.75) is 63.8 Å². The van der Waals surface area contributed by atoms with E-state index in [0.29, 0.717) is 41.3 Å². The number of halogens is 3. The van der Waals surface area contributed by atoms with E-state index in [0.717, 1.165) is 37.3 Å². The molecule has 7 rings (SSSR count). The van der Waals surface area contributed by atoms with Crippen molar-refractivity contribution in [1.29, 1.82) is 0 Å². The standard InChI is InChI=1S/C33H33F3N6O2S/c1-2-40-12-9-22(26(34)17-40)20-7-5-19(6-8-20)21-14-23(30(35)36)25-16-42(32(44)24(25)15-21)29(31(43)39-33-37-10-13-45-33)28-27-4-3-11-41(27)18-38-28/h5-8,10,13-15,18,22,26,29-30H,2-4,9,11-12,16-17H2,1H3,(H,37,39,43). The Morgan fingerprint density at radius 2 is 1.96 bits per heavy atom. The number of aryl methyl sites for hydroxylation is 1. The zero-order valence-electron chi connectivity index (χ0n) is 24.8. The van der Waals surface area contributed by atoms with E-state index in [4.69, 9.17) is 0 Å². The van der Waals surface area contributed by atoms with Gasteiger partial charge in [-0.3, -0.25) is 14.9 Å². The van der Waals surface area contributed by atoms with E-state index >= 15 is 0 Å². The van der Waals surface area contributed by atoms with Gasteiger partial charge in [-0.05, 0) is 66.7 Å². The summed E-state index contributed by atoms with van der Waals surface area (Å²) in [6.45, 7) is 4.68. The molecule has 0 saturated carbocycles. The second-order valence-electron chi connectivity index (χ2n) is 11.9. The Labute approximate surface area is 262 Å². The molecular formula is C33H33F3N6O2S. The Kier molecular flexibility index (Phi) is 7.95. The number of carbonyl (C=O) groups is 2. The Hall–Kier alpha value is -4.03. The van der Waals surface area contributed by atoms with Gasteiger partial charge in [0.1, 0.15) is 6.17 Å². The van der Waals surface area contributed by atoms with Crippen molar-refractivity contribution in [3.05, 3.63) is 87.9 Å². The van der Waals surface area contributed by atoms with Crippen LogP contribution in [0, 0.1) is 0 Å². The molecule has 2 amide bonds. The minimum absolute atomic E-state index is 0.144. The highest BCUT2D eigenvalue weighted by Gasteiger charge is 2.42. The topological polar surface area (TPSA) is 83.4 Å². The molecular weight excluding hydrogens is 601 g/mol. The molecule has 3 atom stereocenters. The van der Waals surface area contributed by atoms with Gasteiger partial charge in [0, 0.05) is 53.9 Å². The zero-order valence-corrected chi connectivity index (χ0v) is 25.6. The highest BCUT2D eigenvalue weighted by molar-refractivity contribution is 7.13. The average molecular weight is 635 g/mol. The average Bonchev–Trinajstić information content (AvgIpc) is 3.85. The molecule has 234 valence electrons. The number of thiazole rings is 1. The summed E-state index contributed by atoms with van der Waals surface area (Å²) in [5.74, 6) is -1.22. The lowest BCUT2D eigenvalue weighted by atomic mass is 9.86. The molecule has 12 heteroatoms. The summed E-state index contributed by atoms with van der Waals surface area (Å²) >= 11 is 1.24. The summed E-state index contributed by atoms with van der Waals surface area (Å²) in [6.07, 6.45) is 1.73. The van der Waals surface area contributed by atoms with Crippen molar-refractivity contribution in [3.63, 3.8) is 0 Å². The van der Waals surface area contributed by atoms with Crippen LogP contribution in [0.5, 0.6) is 0 Å². The third-order valence-electron chi connectivity index (χ3n) is 9.36. The van der Waals surface area contributed by atoms with Crippen LogP contribution in [0.4, 0.5) is 18.3 Å². The second kappa shape index (κ2) is 12.1. The molecule has 5 heterocycles. The van der Waals surface area contributed by atoms with Gasteiger partial charge >= 0.3 is 0 Å². The molecule has 2 aromatic carbocycles. The van der Waals surface area contributed by atoms with Crippen LogP contribution in [0.2, 0.25) is 0 Å². The molecule has 3 aliphatic rings. The van der Waals surface area contributed by atoms with Gasteiger partial charge in [0.25, 0.3) is 18.2 Å². The first-order valence-corrected chi connectivity index (χ1v) is 16.2. The molecule has 1 N–H and O–H groups in total. The van der Waals surface area contributed by atoms with Crippen molar-refractivity contribution in [3.8, 4) is 11.1 Å². The quantitative estimate of drug-likeness (QED) is 0.244. The first-order valence-electron chi connectivity index (χ1n) is 15.3. The van der Waals surface area contributed by atoms with E-state index in [-0.39, 0.29) is 29.2 Å². The first-order chi connectivity index (χ1) is 21.8. The van der Waals surface area contributed by atoms with Crippen molar-refractivity contribution < 1.29 is 22.8 Å². The number of hydrogen-bond acceptors (Lipinski definition) is 6. The lowest BCUT2D eigenvalue weighted by Crippen LogP contribution is -2.40. The van der Waals surface area contributed by atoms with Gasteiger partial charge in [-0.1, -0.05) is 31.2 Å². The number of anilines is 1. The smallest absolute Gasteiger partial charge is 0.264 e. The van der Waals surface area contributed by atoms with Crippen molar-refractivity contribution >= 4 is 28.3 Å². The monoisotopic (exact) mass is 634 g/mol. The minimum atomic E-state index is -2.83. The summed E-state index contributed by atoms with van der Waals surface area (Å²) in [6, 6.07) is 9.26.